The van der Waals surface area contributed by atoms with Crippen molar-refractivity contribution in [2.24, 2.45) is 0 Å². The van der Waals surface area contributed by atoms with Crippen LogP contribution in [0, 0.1) is 0 Å². The molecule has 7 nitrogen and oxygen atoms in total. The lowest BCUT2D eigenvalue weighted by atomic mass is 9.95. The molecule has 1 aromatic carbocycles. The third-order valence-corrected chi connectivity index (χ3v) is 6.71. The summed E-state index contributed by atoms with van der Waals surface area (Å²) in [5, 5.41) is 14.7. The third kappa shape index (κ3) is 7.33. The van der Waals surface area contributed by atoms with Crippen molar-refractivity contribution in [3.05, 3.63) is 28.2 Å². The number of nitrogens with zero attached hydrogens (tertiary/aromatic N) is 2. The minimum Gasteiger partial charge on any atom is -0.482 e. The minimum atomic E-state index is -0.390. The zero-order valence-electron chi connectivity index (χ0n) is 15.5. The second-order valence-electron chi connectivity index (χ2n) is 6.48. The van der Waals surface area contributed by atoms with Gasteiger partial charge in [-0.15, -0.1) is 10.2 Å². The average Bonchev–Trinajstić information content (AvgIpc) is 3.14. The van der Waals surface area contributed by atoms with Crippen LogP contribution in [0.25, 0.3) is 0 Å². The Hall–Kier alpha value is -1.55. The molecule has 11 heteroatoms. The van der Waals surface area contributed by atoms with E-state index in [4.69, 9.17) is 27.9 Å². The Morgan fingerprint density at radius 1 is 1.17 bits per heavy atom. The molecular formula is C18H20Cl2N4O3S2. The Balaban J connectivity index is 1.39. The van der Waals surface area contributed by atoms with Crippen molar-refractivity contribution in [3.8, 4) is 5.75 Å². The second-order valence-corrected chi connectivity index (χ2v) is 9.52. The highest BCUT2D eigenvalue weighted by Gasteiger charge is 2.16. The summed E-state index contributed by atoms with van der Waals surface area (Å²) in [6.45, 7) is -0.229. The molecule has 1 saturated carbocycles. The highest BCUT2D eigenvalue weighted by molar-refractivity contribution is 8.01. The molecule has 1 aliphatic carbocycles. The van der Waals surface area contributed by atoms with Gasteiger partial charge in [0.1, 0.15) is 5.75 Å². The second kappa shape index (κ2) is 11.0. The number of benzene rings is 1. The van der Waals surface area contributed by atoms with E-state index in [-0.39, 0.29) is 24.3 Å². The number of hydrogen-bond donors (Lipinski definition) is 2. The van der Waals surface area contributed by atoms with Crippen LogP contribution >= 0.6 is 46.3 Å². The molecule has 0 atom stereocenters. The van der Waals surface area contributed by atoms with Gasteiger partial charge in [0, 0.05) is 11.1 Å². The molecule has 156 valence electrons. The van der Waals surface area contributed by atoms with E-state index in [2.05, 4.69) is 20.8 Å². The van der Waals surface area contributed by atoms with Crippen molar-refractivity contribution in [1.82, 2.24) is 15.5 Å². The van der Waals surface area contributed by atoms with Crippen LogP contribution in [0.4, 0.5) is 5.13 Å². The monoisotopic (exact) mass is 474 g/mol. The van der Waals surface area contributed by atoms with Crippen molar-refractivity contribution in [1.29, 1.82) is 0 Å². The van der Waals surface area contributed by atoms with Crippen LogP contribution in [0.15, 0.2) is 22.5 Å². The first-order chi connectivity index (χ1) is 14.0. The zero-order valence-corrected chi connectivity index (χ0v) is 18.6. The fraction of sp³-hybridized carbons (Fsp3) is 0.444. The Labute approximate surface area is 186 Å². The summed E-state index contributed by atoms with van der Waals surface area (Å²) in [6, 6.07) is 5.04. The minimum absolute atomic E-state index is 0.00377. The first kappa shape index (κ1) is 22.1. The zero-order chi connectivity index (χ0) is 20.6. The molecule has 1 heterocycles. The molecule has 2 aromatic rings. The average molecular weight is 475 g/mol. The van der Waals surface area contributed by atoms with Crippen LogP contribution in [0.2, 0.25) is 10.0 Å². The van der Waals surface area contributed by atoms with E-state index in [1.807, 2.05) is 0 Å². The predicted octanol–water partition coefficient (Wildman–Crippen LogP) is 4.40. The number of hydrogen-bond acceptors (Lipinski definition) is 7. The first-order valence-corrected chi connectivity index (χ1v) is 11.7. The quantitative estimate of drug-likeness (QED) is 0.434. The molecule has 2 amide bonds. The molecular weight excluding hydrogens is 455 g/mol. The molecule has 1 aliphatic rings. The van der Waals surface area contributed by atoms with Gasteiger partial charge in [0.2, 0.25) is 11.0 Å². The first-order valence-electron chi connectivity index (χ1n) is 9.13. The molecule has 1 fully saturated rings. The van der Waals surface area contributed by atoms with Crippen molar-refractivity contribution in [2.75, 3.05) is 17.7 Å². The molecule has 0 radical (unpaired) electrons. The smallest absolute Gasteiger partial charge is 0.264 e. The third-order valence-electron chi connectivity index (χ3n) is 4.20. The van der Waals surface area contributed by atoms with Gasteiger partial charge in [0.25, 0.3) is 5.91 Å². The number of aromatic nitrogens is 2. The van der Waals surface area contributed by atoms with Crippen LogP contribution in [-0.2, 0) is 9.59 Å². The Morgan fingerprint density at radius 3 is 2.72 bits per heavy atom. The molecule has 1 aromatic heterocycles. The summed E-state index contributed by atoms with van der Waals surface area (Å²) in [4.78, 5) is 24.1. The number of carbonyl (C=O) groups excluding carboxylic acids is 2. The van der Waals surface area contributed by atoms with Crippen LogP contribution in [0.3, 0.4) is 0 Å². The van der Waals surface area contributed by atoms with E-state index in [1.165, 1.54) is 48.4 Å². The highest BCUT2D eigenvalue weighted by atomic mass is 35.5. The van der Waals surface area contributed by atoms with E-state index in [9.17, 15) is 9.59 Å². The van der Waals surface area contributed by atoms with E-state index < -0.39 is 5.91 Å². The van der Waals surface area contributed by atoms with Crippen molar-refractivity contribution in [3.63, 3.8) is 0 Å². The van der Waals surface area contributed by atoms with Gasteiger partial charge >= 0.3 is 0 Å². The maximum Gasteiger partial charge on any atom is 0.264 e. The summed E-state index contributed by atoms with van der Waals surface area (Å²) >= 11 is 14.3. The maximum atomic E-state index is 12.1. The lowest BCUT2D eigenvalue weighted by Crippen LogP contribution is -2.37. The summed E-state index contributed by atoms with van der Waals surface area (Å²) < 4.78 is 5.99. The van der Waals surface area contributed by atoms with Crippen molar-refractivity contribution < 1.29 is 14.3 Å². The normalized spacial score (nSPS) is 14.4. The summed E-state index contributed by atoms with van der Waals surface area (Å²) in [5.41, 5.74) is 0. The van der Waals surface area contributed by atoms with Gasteiger partial charge in [0.05, 0.1) is 10.8 Å². The summed E-state index contributed by atoms with van der Waals surface area (Å²) in [5.74, 6) is 0.246. The van der Waals surface area contributed by atoms with E-state index in [0.717, 1.165) is 12.8 Å². The molecule has 0 unspecified atom stereocenters. The van der Waals surface area contributed by atoms with E-state index in [1.54, 1.807) is 12.1 Å². The lowest BCUT2D eigenvalue weighted by Gasteiger charge is -2.22. The molecule has 29 heavy (non-hydrogen) atoms. The highest BCUT2D eigenvalue weighted by Crippen LogP contribution is 2.28. The van der Waals surface area contributed by atoms with Gasteiger partial charge in [-0.05, 0) is 31.0 Å². The molecule has 3 rings (SSSR count). The van der Waals surface area contributed by atoms with E-state index >= 15 is 0 Å². The summed E-state index contributed by atoms with van der Waals surface area (Å²) in [6.07, 6.45) is 5.69. The number of halogens is 2. The van der Waals surface area contributed by atoms with Crippen molar-refractivity contribution >= 4 is 63.2 Å². The van der Waals surface area contributed by atoms with Gasteiger partial charge in [-0.1, -0.05) is 65.6 Å². The number of thioether (sulfide) groups is 1. The Bertz CT molecular complexity index is 859. The molecule has 0 spiro atoms. The van der Waals surface area contributed by atoms with Crippen LogP contribution in [0.1, 0.15) is 32.1 Å². The van der Waals surface area contributed by atoms with Gasteiger partial charge in [0.15, 0.2) is 10.9 Å². The van der Waals surface area contributed by atoms with Crippen LogP contribution in [0.5, 0.6) is 5.75 Å². The van der Waals surface area contributed by atoms with E-state index in [0.29, 0.717) is 25.3 Å². The number of anilines is 1. The van der Waals surface area contributed by atoms with Crippen LogP contribution in [-0.4, -0.2) is 40.4 Å². The van der Waals surface area contributed by atoms with Gasteiger partial charge in [-0.3, -0.25) is 14.9 Å². The topological polar surface area (TPSA) is 93.2 Å². The van der Waals surface area contributed by atoms with Gasteiger partial charge in [-0.2, -0.15) is 0 Å². The van der Waals surface area contributed by atoms with Gasteiger partial charge in [-0.25, -0.2) is 0 Å². The molecule has 2 N–H and O–H groups in total. The fourth-order valence-corrected chi connectivity index (χ4v) is 4.90. The Morgan fingerprint density at radius 2 is 1.97 bits per heavy atom. The number of nitrogens with one attached hydrogen (secondary N) is 2. The standard InChI is InChI=1S/C18H20Cl2N4O3S2/c19-11-6-7-14(13(20)8-11)27-9-15(25)22-17-23-24-18(29-17)28-10-16(26)21-12-4-2-1-3-5-12/h6-8,12H,1-5,9-10H2,(H,21,26)(H,22,23,25). The summed E-state index contributed by atoms with van der Waals surface area (Å²) in [7, 11) is 0. The fourth-order valence-electron chi connectivity index (χ4n) is 2.85. The largest absolute Gasteiger partial charge is 0.482 e. The van der Waals surface area contributed by atoms with Gasteiger partial charge < -0.3 is 10.1 Å². The lowest BCUT2D eigenvalue weighted by molar-refractivity contribution is -0.119. The SMILES string of the molecule is O=C(COc1ccc(Cl)cc1Cl)Nc1nnc(SCC(=O)NC2CCCCC2)s1. The number of rotatable bonds is 8. The maximum absolute atomic E-state index is 12.1. The Kier molecular flexibility index (Phi) is 8.40. The molecule has 0 saturated heterocycles. The molecule has 0 aliphatic heterocycles. The van der Waals surface area contributed by atoms with Crippen molar-refractivity contribution in [2.45, 2.75) is 42.5 Å². The predicted molar refractivity (Wildman–Crippen MR) is 116 cm³/mol. The molecule has 0 bridgehead atoms. The number of ether oxygens (including phenoxy) is 1. The van der Waals surface area contributed by atoms with Crippen LogP contribution < -0.4 is 15.4 Å². The number of carbonyl (C=O) groups is 2. The number of amides is 2.